The molecule has 0 bridgehead atoms. The van der Waals surface area contributed by atoms with Gasteiger partial charge >= 0.3 is 0 Å². The highest BCUT2D eigenvalue weighted by molar-refractivity contribution is 7.11. The summed E-state index contributed by atoms with van der Waals surface area (Å²) in [6.07, 6.45) is 3.38. The molecule has 5 nitrogen and oxygen atoms in total. The molecule has 22 heavy (non-hydrogen) atoms. The van der Waals surface area contributed by atoms with E-state index in [0.717, 1.165) is 16.9 Å². The van der Waals surface area contributed by atoms with Gasteiger partial charge in [-0.05, 0) is 22.9 Å². The molecule has 0 aliphatic rings. The van der Waals surface area contributed by atoms with Crippen molar-refractivity contribution < 1.29 is 0 Å². The summed E-state index contributed by atoms with van der Waals surface area (Å²) >= 11 is 3.48. The van der Waals surface area contributed by atoms with Gasteiger partial charge in [-0.2, -0.15) is 5.10 Å². The van der Waals surface area contributed by atoms with Gasteiger partial charge < -0.3 is 5.32 Å². The average molecular weight is 327 g/mol. The molecule has 7 heteroatoms. The minimum Gasteiger partial charge on any atom is -0.357 e. The largest absolute Gasteiger partial charge is 0.357 e. The van der Waals surface area contributed by atoms with Gasteiger partial charge in [-0.25, -0.2) is 9.97 Å². The van der Waals surface area contributed by atoms with Crippen LogP contribution >= 0.6 is 22.7 Å². The highest BCUT2D eigenvalue weighted by Gasteiger charge is 2.18. The highest BCUT2D eigenvalue weighted by atomic mass is 32.1. The SMILES string of the molecule is Cn1ncc2c(NC(c3cccs3)c3cccs3)ncnc21. The van der Waals surface area contributed by atoms with E-state index in [2.05, 4.69) is 55.4 Å². The minimum atomic E-state index is 0.0957. The molecular formula is C15H13N5S2. The van der Waals surface area contributed by atoms with Gasteiger partial charge in [-0.15, -0.1) is 22.7 Å². The summed E-state index contributed by atoms with van der Waals surface area (Å²) in [7, 11) is 1.88. The topological polar surface area (TPSA) is 55.6 Å². The van der Waals surface area contributed by atoms with Crippen LogP contribution in [0.5, 0.6) is 0 Å². The maximum Gasteiger partial charge on any atom is 0.163 e. The molecule has 0 spiro atoms. The fourth-order valence-electron chi connectivity index (χ4n) is 2.41. The zero-order valence-electron chi connectivity index (χ0n) is 11.8. The predicted octanol–water partition coefficient (Wildman–Crippen LogP) is 3.69. The van der Waals surface area contributed by atoms with E-state index in [1.807, 2.05) is 7.05 Å². The van der Waals surface area contributed by atoms with Crippen LogP contribution in [0.2, 0.25) is 0 Å². The van der Waals surface area contributed by atoms with Crippen LogP contribution in [0.15, 0.2) is 47.5 Å². The maximum atomic E-state index is 4.41. The molecule has 0 amide bonds. The Morgan fingerprint density at radius 1 is 1.09 bits per heavy atom. The van der Waals surface area contributed by atoms with Crippen molar-refractivity contribution in [2.24, 2.45) is 7.05 Å². The molecule has 0 aromatic carbocycles. The summed E-state index contributed by atoms with van der Waals surface area (Å²) in [6.45, 7) is 0. The third-order valence-electron chi connectivity index (χ3n) is 3.47. The van der Waals surface area contributed by atoms with Gasteiger partial charge in [0.1, 0.15) is 12.1 Å². The van der Waals surface area contributed by atoms with Crippen LogP contribution in [0, 0.1) is 0 Å². The molecule has 0 radical (unpaired) electrons. The molecule has 0 saturated heterocycles. The molecule has 0 atom stereocenters. The van der Waals surface area contributed by atoms with E-state index in [9.17, 15) is 0 Å². The van der Waals surface area contributed by atoms with Crippen LogP contribution in [-0.4, -0.2) is 19.7 Å². The van der Waals surface area contributed by atoms with E-state index in [-0.39, 0.29) is 6.04 Å². The molecule has 0 saturated carbocycles. The number of aryl methyl sites for hydroxylation is 1. The van der Waals surface area contributed by atoms with Gasteiger partial charge in [-0.3, -0.25) is 4.68 Å². The Balaban J connectivity index is 1.78. The van der Waals surface area contributed by atoms with Crippen molar-refractivity contribution in [2.45, 2.75) is 6.04 Å². The van der Waals surface area contributed by atoms with E-state index in [1.54, 1.807) is 39.9 Å². The van der Waals surface area contributed by atoms with Crippen molar-refractivity contribution in [1.82, 2.24) is 19.7 Å². The molecular weight excluding hydrogens is 314 g/mol. The second-order valence-electron chi connectivity index (χ2n) is 4.84. The first-order valence-corrected chi connectivity index (χ1v) is 8.55. The number of nitrogens with one attached hydrogen (secondary N) is 1. The zero-order chi connectivity index (χ0) is 14.9. The summed E-state index contributed by atoms with van der Waals surface area (Å²) in [5, 5.41) is 12.9. The molecule has 4 aromatic heterocycles. The zero-order valence-corrected chi connectivity index (χ0v) is 13.4. The van der Waals surface area contributed by atoms with Crippen molar-refractivity contribution in [2.75, 3.05) is 5.32 Å². The standard InChI is InChI=1S/C15H13N5S2/c1-20-15-10(8-18-20)14(16-9-17-15)19-13(11-4-2-6-21-11)12-5-3-7-22-12/h2-9,13H,1H3,(H,16,17,19). The maximum absolute atomic E-state index is 4.41. The number of rotatable bonds is 4. The molecule has 4 heterocycles. The van der Waals surface area contributed by atoms with Crippen LogP contribution in [-0.2, 0) is 7.05 Å². The summed E-state index contributed by atoms with van der Waals surface area (Å²) < 4.78 is 1.76. The van der Waals surface area contributed by atoms with Gasteiger partial charge in [0, 0.05) is 16.8 Å². The molecule has 4 aromatic rings. The first-order valence-electron chi connectivity index (χ1n) is 6.79. The molecule has 110 valence electrons. The van der Waals surface area contributed by atoms with Crippen LogP contribution in [0.4, 0.5) is 5.82 Å². The van der Waals surface area contributed by atoms with Gasteiger partial charge in [0.15, 0.2) is 5.65 Å². The lowest BCUT2D eigenvalue weighted by Gasteiger charge is -2.17. The predicted molar refractivity (Wildman–Crippen MR) is 90.4 cm³/mol. The van der Waals surface area contributed by atoms with Gasteiger partial charge in [-0.1, -0.05) is 12.1 Å². The summed E-state index contributed by atoms with van der Waals surface area (Å²) in [5.41, 5.74) is 0.827. The lowest BCUT2D eigenvalue weighted by Crippen LogP contribution is -2.11. The first kappa shape index (κ1) is 13.4. The van der Waals surface area contributed by atoms with Gasteiger partial charge in [0.05, 0.1) is 17.6 Å². The average Bonchev–Trinajstić information content (AvgIpc) is 3.28. The molecule has 0 unspecified atom stereocenters. The number of hydrogen-bond donors (Lipinski definition) is 1. The first-order chi connectivity index (χ1) is 10.8. The van der Waals surface area contributed by atoms with Crippen LogP contribution in [0.25, 0.3) is 11.0 Å². The molecule has 0 fully saturated rings. The quantitative estimate of drug-likeness (QED) is 0.621. The summed E-state index contributed by atoms with van der Waals surface area (Å²) in [6, 6.07) is 8.52. The smallest absolute Gasteiger partial charge is 0.163 e. The van der Waals surface area contributed by atoms with E-state index in [0.29, 0.717) is 0 Å². The summed E-state index contributed by atoms with van der Waals surface area (Å²) in [5.74, 6) is 0.810. The number of fused-ring (bicyclic) bond motifs is 1. The minimum absolute atomic E-state index is 0.0957. The molecule has 1 N–H and O–H groups in total. The summed E-state index contributed by atoms with van der Waals surface area (Å²) in [4.78, 5) is 11.2. The van der Waals surface area contributed by atoms with Gasteiger partial charge in [0.2, 0.25) is 0 Å². The fourth-order valence-corrected chi connectivity index (χ4v) is 4.07. The Kier molecular flexibility index (Phi) is 3.36. The number of anilines is 1. The van der Waals surface area contributed by atoms with E-state index in [1.165, 1.54) is 9.75 Å². The number of aromatic nitrogens is 4. The van der Waals surface area contributed by atoms with Crippen LogP contribution in [0.1, 0.15) is 15.8 Å². The van der Waals surface area contributed by atoms with E-state index < -0.39 is 0 Å². The number of hydrogen-bond acceptors (Lipinski definition) is 6. The van der Waals surface area contributed by atoms with Gasteiger partial charge in [0.25, 0.3) is 0 Å². The molecule has 4 rings (SSSR count). The second kappa shape index (κ2) is 5.51. The normalized spacial score (nSPS) is 11.4. The molecule has 0 aliphatic heterocycles. The van der Waals surface area contributed by atoms with Crippen molar-refractivity contribution in [3.05, 3.63) is 57.3 Å². The second-order valence-corrected chi connectivity index (χ2v) is 6.79. The Hall–Kier alpha value is -2.25. The Bertz CT molecular complexity index is 846. The van der Waals surface area contributed by atoms with Crippen molar-refractivity contribution >= 4 is 39.5 Å². The monoisotopic (exact) mass is 327 g/mol. The number of nitrogens with zero attached hydrogens (tertiary/aromatic N) is 4. The lowest BCUT2D eigenvalue weighted by molar-refractivity contribution is 0.785. The lowest BCUT2D eigenvalue weighted by atomic mass is 10.2. The fraction of sp³-hybridized carbons (Fsp3) is 0.133. The number of thiophene rings is 2. The van der Waals surface area contributed by atoms with Crippen LogP contribution in [0.3, 0.4) is 0 Å². The third-order valence-corrected chi connectivity index (χ3v) is 5.34. The Labute approximate surface area is 135 Å². The molecule has 0 aliphatic carbocycles. The Morgan fingerprint density at radius 2 is 1.82 bits per heavy atom. The van der Waals surface area contributed by atoms with Crippen molar-refractivity contribution in [3.63, 3.8) is 0 Å². The van der Waals surface area contributed by atoms with E-state index >= 15 is 0 Å². The van der Waals surface area contributed by atoms with Crippen molar-refractivity contribution in [1.29, 1.82) is 0 Å². The van der Waals surface area contributed by atoms with E-state index in [4.69, 9.17) is 0 Å². The third kappa shape index (κ3) is 2.28. The highest BCUT2D eigenvalue weighted by Crippen LogP contribution is 2.33. The van der Waals surface area contributed by atoms with Crippen LogP contribution < -0.4 is 5.32 Å². The Morgan fingerprint density at radius 3 is 2.45 bits per heavy atom. The van der Waals surface area contributed by atoms with Crippen molar-refractivity contribution in [3.8, 4) is 0 Å².